The average molecular weight is 226 g/mol. The van der Waals surface area contributed by atoms with E-state index < -0.39 is 5.97 Å². The third-order valence-corrected chi connectivity index (χ3v) is 2.53. The van der Waals surface area contributed by atoms with E-state index in [0.29, 0.717) is 37.9 Å². The van der Waals surface area contributed by atoms with E-state index in [9.17, 15) is 9.59 Å². The van der Waals surface area contributed by atoms with Gasteiger partial charge in [0.25, 0.3) is 0 Å². The Kier molecular flexibility index (Phi) is 5.19. The molecule has 0 radical (unpaired) electrons. The van der Waals surface area contributed by atoms with Crippen LogP contribution < -0.4 is 0 Å². The molecule has 16 heavy (non-hydrogen) atoms. The van der Waals surface area contributed by atoms with Crippen LogP contribution in [0.4, 0.5) is 0 Å². The SMILES string of the molecule is C=C(COCC)C(=O)OC1CCC(=O)CC1. The summed E-state index contributed by atoms with van der Waals surface area (Å²) >= 11 is 0. The smallest absolute Gasteiger partial charge is 0.336 e. The van der Waals surface area contributed by atoms with Gasteiger partial charge in [-0.2, -0.15) is 0 Å². The van der Waals surface area contributed by atoms with Gasteiger partial charge in [-0.1, -0.05) is 6.58 Å². The van der Waals surface area contributed by atoms with Crippen LogP contribution in [-0.4, -0.2) is 31.1 Å². The Morgan fingerprint density at radius 3 is 2.62 bits per heavy atom. The van der Waals surface area contributed by atoms with Gasteiger partial charge in [-0.25, -0.2) is 4.79 Å². The Hall–Kier alpha value is -1.16. The summed E-state index contributed by atoms with van der Waals surface area (Å²) < 4.78 is 10.3. The minimum absolute atomic E-state index is 0.136. The number of esters is 1. The van der Waals surface area contributed by atoms with Crippen LogP contribution in [0.2, 0.25) is 0 Å². The molecule has 0 amide bonds. The van der Waals surface area contributed by atoms with Gasteiger partial charge in [0.1, 0.15) is 11.9 Å². The lowest BCUT2D eigenvalue weighted by atomic mass is 9.96. The van der Waals surface area contributed by atoms with Gasteiger partial charge in [0.15, 0.2) is 0 Å². The van der Waals surface area contributed by atoms with Crippen molar-refractivity contribution in [2.45, 2.75) is 38.7 Å². The zero-order chi connectivity index (χ0) is 12.0. The topological polar surface area (TPSA) is 52.6 Å². The fourth-order valence-corrected chi connectivity index (χ4v) is 1.55. The first-order chi connectivity index (χ1) is 7.63. The quantitative estimate of drug-likeness (QED) is 0.528. The molecule has 0 heterocycles. The molecule has 1 saturated carbocycles. The van der Waals surface area contributed by atoms with E-state index in [2.05, 4.69) is 6.58 Å². The van der Waals surface area contributed by atoms with E-state index in [1.54, 1.807) is 0 Å². The molecule has 0 aliphatic heterocycles. The summed E-state index contributed by atoms with van der Waals surface area (Å²) in [6, 6.07) is 0. The van der Waals surface area contributed by atoms with E-state index in [4.69, 9.17) is 9.47 Å². The number of Topliss-reactive ketones (excluding diaryl/α,β-unsaturated/α-hetero) is 1. The van der Waals surface area contributed by atoms with Crippen LogP contribution in [0.5, 0.6) is 0 Å². The number of rotatable bonds is 5. The Morgan fingerprint density at radius 1 is 1.44 bits per heavy atom. The van der Waals surface area contributed by atoms with Gasteiger partial charge in [-0.3, -0.25) is 4.79 Å². The summed E-state index contributed by atoms with van der Waals surface area (Å²) in [5.41, 5.74) is 0.332. The van der Waals surface area contributed by atoms with E-state index in [0.717, 1.165) is 0 Å². The highest BCUT2D eigenvalue weighted by Crippen LogP contribution is 2.18. The number of ketones is 1. The molecule has 1 rings (SSSR count). The second kappa shape index (κ2) is 6.43. The summed E-state index contributed by atoms with van der Waals surface area (Å²) in [5, 5.41) is 0. The minimum Gasteiger partial charge on any atom is -0.459 e. The Morgan fingerprint density at radius 2 is 2.06 bits per heavy atom. The van der Waals surface area contributed by atoms with Gasteiger partial charge in [0.05, 0.1) is 12.2 Å². The molecule has 0 unspecified atom stereocenters. The molecule has 0 bridgehead atoms. The second-order valence-corrected chi connectivity index (χ2v) is 3.88. The molecule has 0 saturated heterocycles. The van der Waals surface area contributed by atoms with Gasteiger partial charge in [-0.05, 0) is 19.8 Å². The van der Waals surface area contributed by atoms with E-state index in [1.165, 1.54) is 0 Å². The Balaban J connectivity index is 2.28. The number of carbonyl (C=O) groups excluding carboxylic acids is 2. The average Bonchev–Trinajstić information content (AvgIpc) is 2.29. The van der Waals surface area contributed by atoms with Crippen molar-refractivity contribution in [2.75, 3.05) is 13.2 Å². The van der Waals surface area contributed by atoms with Crippen molar-refractivity contribution in [1.29, 1.82) is 0 Å². The van der Waals surface area contributed by atoms with Gasteiger partial charge >= 0.3 is 5.97 Å². The largest absolute Gasteiger partial charge is 0.459 e. The third kappa shape index (κ3) is 4.14. The molecule has 0 aromatic heterocycles. The molecule has 0 atom stereocenters. The van der Waals surface area contributed by atoms with Crippen molar-refractivity contribution in [3.63, 3.8) is 0 Å². The van der Waals surface area contributed by atoms with Crippen LogP contribution in [0.1, 0.15) is 32.6 Å². The van der Waals surface area contributed by atoms with Crippen LogP contribution in [-0.2, 0) is 19.1 Å². The molecular weight excluding hydrogens is 208 g/mol. The van der Waals surface area contributed by atoms with Crippen molar-refractivity contribution in [2.24, 2.45) is 0 Å². The standard InChI is InChI=1S/C12H18O4/c1-3-15-8-9(2)12(14)16-11-6-4-10(13)5-7-11/h11H,2-8H2,1H3. The lowest BCUT2D eigenvalue weighted by molar-refractivity contribution is -0.148. The number of hydrogen-bond acceptors (Lipinski definition) is 4. The molecule has 1 fully saturated rings. The first-order valence-electron chi connectivity index (χ1n) is 5.61. The molecule has 0 aromatic carbocycles. The predicted molar refractivity (Wildman–Crippen MR) is 59.0 cm³/mol. The van der Waals surface area contributed by atoms with Gasteiger partial charge < -0.3 is 9.47 Å². The first-order valence-corrected chi connectivity index (χ1v) is 5.61. The van der Waals surface area contributed by atoms with Crippen molar-refractivity contribution in [3.8, 4) is 0 Å². The summed E-state index contributed by atoms with van der Waals surface area (Å²) in [4.78, 5) is 22.5. The van der Waals surface area contributed by atoms with Crippen molar-refractivity contribution < 1.29 is 19.1 Å². The Bertz CT molecular complexity index is 273. The van der Waals surface area contributed by atoms with Crippen LogP contribution in [0.15, 0.2) is 12.2 Å². The van der Waals surface area contributed by atoms with Crippen LogP contribution in [0.25, 0.3) is 0 Å². The predicted octanol–water partition coefficient (Wildman–Crippen LogP) is 1.63. The highest BCUT2D eigenvalue weighted by Gasteiger charge is 2.22. The Labute approximate surface area is 95.6 Å². The molecule has 0 N–H and O–H groups in total. The van der Waals surface area contributed by atoms with Crippen LogP contribution >= 0.6 is 0 Å². The summed E-state index contributed by atoms with van der Waals surface area (Å²) in [6.07, 6.45) is 2.15. The molecule has 0 aromatic rings. The summed E-state index contributed by atoms with van der Waals surface area (Å²) in [7, 11) is 0. The molecule has 1 aliphatic carbocycles. The van der Waals surface area contributed by atoms with Gasteiger partial charge in [0, 0.05) is 19.4 Å². The summed E-state index contributed by atoms with van der Waals surface area (Å²) in [6.45, 7) is 6.21. The fraction of sp³-hybridized carbons (Fsp3) is 0.667. The maximum absolute atomic E-state index is 11.5. The maximum atomic E-state index is 11.5. The van der Waals surface area contributed by atoms with Crippen molar-refractivity contribution in [3.05, 3.63) is 12.2 Å². The van der Waals surface area contributed by atoms with Crippen molar-refractivity contribution >= 4 is 11.8 Å². The highest BCUT2D eigenvalue weighted by atomic mass is 16.5. The molecule has 1 aliphatic rings. The molecular formula is C12H18O4. The number of carbonyl (C=O) groups is 2. The second-order valence-electron chi connectivity index (χ2n) is 3.88. The fourth-order valence-electron chi connectivity index (χ4n) is 1.55. The molecule has 4 heteroatoms. The maximum Gasteiger partial charge on any atom is 0.336 e. The van der Waals surface area contributed by atoms with Crippen molar-refractivity contribution in [1.82, 2.24) is 0 Å². The van der Waals surface area contributed by atoms with Crippen LogP contribution in [0.3, 0.4) is 0 Å². The highest BCUT2D eigenvalue weighted by molar-refractivity contribution is 5.88. The number of ether oxygens (including phenoxy) is 2. The summed E-state index contributed by atoms with van der Waals surface area (Å²) in [5.74, 6) is -0.159. The number of hydrogen-bond donors (Lipinski definition) is 0. The first kappa shape index (κ1) is 12.9. The third-order valence-electron chi connectivity index (χ3n) is 2.53. The zero-order valence-corrected chi connectivity index (χ0v) is 9.66. The lowest BCUT2D eigenvalue weighted by Crippen LogP contribution is -2.25. The monoisotopic (exact) mass is 226 g/mol. The van der Waals surface area contributed by atoms with Crippen LogP contribution in [0, 0.1) is 0 Å². The van der Waals surface area contributed by atoms with Gasteiger partial charge in [-0.15, -0.1) is 0 Å². The molecule has 4 nitrogen and oxygen atoms in total. The molecule has 0 spiro atoms. The van der Waals surface area contributed by atoms with E-state index >= 15 is 0 Å². The zero-order valence-electron chi connectivity index (χ0n) is 9.66. The minimum atomic E-state index is -0.409. The van der Waals surface area contributed by atoms with E-state index in [-0.39, 0.29) is 18.5 Å². The normalized spacial score (nSPS) is 17.2. The van der Waals surface area contributed by atoms with E-state index in [1.807, 2.05) is 6.92 Å². The molecule has 90 valence electrons. The van der Waals surface area contributed by atoms with Gasteiger partial charge in [0.2, 0.25) is 0 Å². The lowest BCUT2D eigenvalue weighted by Gasteiger charge is -2.21.